The Labute approximate surface area is 91.5 Å². The Morgan fingerprint density at radius 3 is 2.87 bits per heavy atom. The number of carboxylic acid groups (broad SMARTS) is 1. The minimum absolute atomic E-state index is 0.00157. The second-order valence-corrected chi connectivity index (χ2v) is 4.12. The van der Waals surface area contributed by atoms with Crippen molar-refractivity contribution in [2.45, 2.75) is 11.8 Å². The molecule has 0 saturated heterocycles. The van der Waals surface area contributed by atoms with Gasteiger partial charge >= 0.3 is 5.97 Å². The standard InChI is InChI=1S/C10H12O4S/c1-14-7-10(4-5-11,9(12)13)8-3-2-6-15-8/h2-3,5-6H,4,7H2,1H3,(H,12,13). The van der Waals surface area contributed by atoms with E-state index in [1.54, 1.807) is 17.5 Å². The first-order chi connectivity index (χ1) is 7.17. The molecule has 0 fully saturated rings. The van der Waals surface area contributed by atoms with Crippen LogP contribution in [0.5, 0.6) is 0 Å². The van der Waals surface area contributed by atoms with Gasteiger partial charge in [-0.05, 0) is 11.4 Å². The molecule has 4 nitrogen and oxygen atoms in total. The fraction of sp³-hybridized carbons (Fsp3) is 0.400. The third-order valence-corrected chi connectivity index (χ3v) is 3.30. The Bertz CT molecular complexity index is 333. The zero-order valence-electron chi connectivity index (χ0n) is 8.30. The molecule has 0 spiro atoms. The van der Waals surface area contributed by atoms with E-state index in [2.05, 4.69) is 0 Å². The third kappa shape index (κ3) is 2.24. The van der Waals surface area contributed by atoms with Gasteiger partial charge in [0.15, 0.2) is 0 Å². The van der Waals surface area contributed by atoms with Crippen molar-refractivity contribution in [2.75, 3.05) is 13.7 Å². The van der Waals surface area contributed by atoms with E-state index >= 15 is 0 Å². The molecule has 1 aromatic rings. The van der Waals surface area contributed by atoms with E-state index in [1.165, 1.54) is 18.4 Å². The van der Waals surface area contributed by atoms with Crippen molar-refractivity contribution in [1.29, 1.82) is 0 Å². The zero-order valence-corrected chi connectivity index (χ0v) is 9.12. The molecule has 0 aromatic carbocycles. The van der Waals surface area contributed by atoms with Gasteiger partial charge in [-0.25, -0.2) is 0 Å². The number of rotatable bonds is 6. The molecule has 1 aromatic heterocycles. The summed E-state index contributed by atoms with van der Waals surface area (Å²) in [6.07, 6.45) is 0.545. The number of aldehydes is 1. The van der Waals surface area contributed by atoms with Crippen molar-refractivity contribution in [2.24, 2.45) is 0 Å². The van der Waals surface area contributed by atoms with E-state index in [9.17, 15) is 14.7 Å². The molecule has 0 aliphatic carbocycles. The maximum atomic E-state index is 11.3. The highest BCUT2D eigenvalue weighted by molar-refractivity contribution is 7.10. The molecule has 1 atom stereocenters. The summed E-state index contributed by atoms with van der Waals surface area (Å²) >= 11 is 1.32. The van der Waals surface area contributed by atoms with Crippen molar-refractivity contribution in [1.82, 2.24) is 0 Å². The van der Waals surface area contributed by atoms with Gasteiger partial charge < -0.3 is 14.6 Å². The third-order valence-electron chi connectivity index (χ3n) is 2.22. The second-order valence-electron chi connectivity index (χ2n) is 3.17. The lowest BCUT2D eigenvalue weighted by Crippen LogP contribution is -2.40. The van der Waals surface area contributed by atoms with Gasteiger partial charge in [0.2, 0.25) is 0 Å². The first kappa shape index (κ1) is 11.9. The molecule has 0 amide bonds. The van der Waals surface area contributed by atoms with Crippen LogP contribution in [0.25, 0.3) is 0 Å². The average molecular weight is 228 g/mol. The van der Waals surface area contributed by atoms with E-state index in [4.69, 9.17) is 4.74 Å². The Kier molecular flexibility index (Phi) is 3.99. The Morgan fingerprint density at radius 2 is 2.47 bits per heavy atom. The average Bonchev–Trinajstić information content (AvgIpc) is 2.70. The molecule has 1 heterocycles. The number of thiophene rings is 1. The van der Waals surface area contributed by atoms with Gasteiger partial charge in [-0.1, -0.05) is 6.07 Å². The van der Waals surface area contributed by atoms with Gasteiger partial charge in [-0.3, -0.25) is 4.79 Å². The van der Waals surface area contributed by atoms with Gasteiger partial charge in [0, 0.05) is 18.4 Å². The summed E-state index contributed by atoms with van der Waals surface area (Å²) < 4.78 is 4.91. The molecule has 1 unspecified atom stereocenters. The molecular weight excluding hydrogens is 216 g/mol. The smallest absolute Gasteiger partial charge is 0.317 e. The molecule has 82 valence electrons. The topological polar surface area (TPSA) is 63.6 Å². The van der Waals surface area contributed by atoms with Crippen molar-refractivity contribution in [3.05, 3.63) is 22.4 Å². The number of carbonyl (C=O) groups excluding carboxylic acids is 1. The van der Waals surface area contributed by atoms with Crippen LogP contribution in [0.15, 0.2) is 17.5 Å². The minimum atomic E-state index is -1.23. The number of hydrogen-bond acceptors (Lipinski definition) is 4. The summed E-state index contributed by atoms with van der Waals surface area (Å²) in [5, 5.41) is 11.0. The molecule has 0 aliphatic heterocycles. The van der Waals surface area contributed by atoms with Gasteiger partial charge in [0.05, 0.1) is 6.61 Å². The largest absolute Gasteiger partial charge is 0.480 e. The Hall–Kier alpha value is -1.20. The summed E-state index contributed by atoms with van der Waals surface area (Å²) in [6.45, 7) is 0.00157. The van der Waals surface area contributed by atoms with E-state index in [-0.39, 0.29) is 13.0 Å². The highest BCUT2D eigenvalue weighted by atomic mass is 32.1. The fourth-order valence-electron chi connectivity index (χ4n) is 1.42. The maximum Gasteiger partial charge on any atom is 0.317 e. The fourth-order valence-corrected chi connectivity index (χ4v) is 2.34. The molecule has 1 rings (SSSR count). The molecule has 5 heteroatoms. The van der Waals surface area contributed by atoms with Crippen molar-refractivity contribution >= 4 is 23.6 Å². The molecule has 0 radical (unpaired) electrons. The number of carbonyl (C=O) groups is 2. The number of aliphatic carboxylic acids is 1. The van der Waals surface area contributed by atoms with Gasteiger partial charge in [-0.15, -0.1) is 11.3 Å². The lowest BCUT2D eigenvalue weighted by Gasteiger charge is -2.25. The minimum Gasteiger partial charge on any atom is -0.480 e. The van der Waals surface area contributed by atoms with Crippen LogP contribution in [0, 0.1) is 0 Å². The SMILES string of the molecule is COCC(CC=O)(C(=O)O)c1cccs1. The molecule has 15 heavy (non-hydrogen) atoms. The van der Waals surface area contributed by atoms with E-state index in [0.717, 1.165) is 0 Å². The lowest BCUT2D eigenvalue weighted by atomic mass is 9.84. The quantitative estimate of drug-likeness (QED) is 0.745. The van der Waals surface area contributed by atoms with Crippen molar-refractivity contribution < 1.29 is 19.4 Å². The van der Waals surface area contributed by atoms with Crippen LogP contribution in [0.3, 0.4) is 0 Å². The monoisotopic (exact) mass is 228 g/mol. The summed E-state index contributed by atoms with van der Waals surface area (Å²) in [5.74, 6) is -1.03. The van der Waals surface area contributed by atoms with E-state index in [0.29, 0.717) is 11.2 Å². The first-order valence-corrected chi connectivity index (χ1v) is 5.25. The molecule has 0 saturated carbocycles. The van der Waals surface area contributed by atoms with Gasteiger partial charge in [0.1, 0.15) is 11.7 Å². The second kappa shape index (κ2) is 5.04. The maximum absolute atomic E-state index is 11.3. The summed E-state index contributed by atoms with van der Waals surface area (Å²) in [7, 11) is 1.43. The number of ether oxygens (including phenoxy) is 1. The number of methoxy groups -OCH3 is 1. The highest BCUT2D eigenvalue weighted by Crippen LogP contribution is 2.31. The molecule has 1 N–H and O–H groups in total. The normalized spacial score (nSPS) is 14.5. The predicted molar refractivity (Wildman–Crippen MR) is 56.2 cm³/mol. The van der Waals surface area contributed by atoms with Crippen LogP contribution in [0.1, 0.15) is 11.3 Å². The van der Waals surface area contributed by atoms with E-state index in [1.807, 2.05) is 0 Å². The van der Waals surface area contributed by atoms with Crippen LogP contribution in [-0.2, 0) is 19.7 Å². The first-order valence-electron chi connectivity index (χ1n) is 4.37. The van der Waals surface area contributed by atoms with Crippen LogP contribution < -0.4 is 0 Å². The zero-order chi connectivity index (χ0) is 11.3. The lowest BCUT2D eigenvalue weighted by molar-refractivity contribution is -0.147. The molecular formula is C10H12O4S. The van der Waals surface area contributed by atoms with Crippen molar-refractivity contribution in [3.8, 4) is 0 Å². The van der Waals surface area contributed by atoms with Crippen LogP contribution in [0.4, 0.5) is 0 Å². The molecule has 0 bridgehead atoms. The van der Waals surface area contributed by atoms with Gasteiger partial charge in [0.25, 0.3) is 0 Å². The van der Waals surface area contributed by atoms with Crippen LogP contribution in [0.2, 0.25) is 0 Å². The summed E-state index contributed by atoms with van der Waals surface area (Å²) in [4.78, 5) is 22.5. The Morgan fingerprint density at radius 1 is 1.73 bits per heavy atom. The predicted octanol–water partition coefficient (Wildman–Crippen LogP) is 1.31. The van der Waals surface area contributed by atoms with Gasteiger partial charge in [-0.2, -0.15) is 0 Å². The number of hydrogen-bond donors (Lipinski definition) is 1. The van der Waals surface area contributed by atoms with Crippen LogP contribution >= 0.6 is 11.3 Å². The highest BCUT2D eigenvalue weighted by Gasteiger charge is 2.41. The Balaban J connectivity index is 3.12. The summed E-state index contributed by atoms with van der Waals surface area (Å²) in [5.41, 5.74) is -1.23. The van der Waals surface area contributed by atoms with Crippen molar-refractivity contribution in [3.63, 3.8) is 0 Å². The van der Waals surface area contributed by atoms with Crippen LogP contribution in [-0.4, -0.2) is 31.1 Å². The van der Waals surface area contributed by atoms with E-state index < -0.39 is 11.4 Å². The molecule has 0 aliphatic rings. The number of carboxylic acids is 1. The summed E-state index contributed by atoms with van der Waals surface area (Å²) in [6, 6.07) is 3.47.